The van der Waals surface area contributed by atoms with Crippen molar-refractivity contribution in [1.29, 1.82) is 0 Å². The van der Waals surface area contributed by atoms with Gasteiger partial charge in [-0.3, -0.25) is 0 Å². The first-order valence-corrected chi connectivity index (χ1v) is 6.71. The maximum atomic E-state index is 4.20. The van der Waals surface area contributed by atoms with Gasteiger partial charge in [0.05, 0.1) is 0 Å². The van der Waals surface area contributed by atoms with Gasteiger partial charge in [0.2, 0.25) is 0 Å². The lowest BCUT2D eigenvalue weighted by Gasteiger charge is -2.12. The Kier molecular flexibility index (Phi) is 4.20. The van der Waals surface area contributed by atoms with Crippen LogP contribution in [0, 0.1) is 0 Å². The molecule has 3 nitrogen and oxygen atoms in total. The van der Waals surface area contributed by atoms with E-state index in [0.29, 0.717) is 0 Å². The Bertz CT molecular complexity index is 540. The smallest absolute Gasteiger partial charge is 0.127 e. The van der Waals surface area contributed by atoms with Crippen LogP contribution in [0.2, 0.25) is 0 Å². The van der Waals surface area contributed by atoms with Crippen molar-refractivity contribution in [2.24, 2.45) is 0 Å². The van der Waals surface area contributed by atoms with E-state index in [1.165, 1.54) is 5.56 Å². The molecule has 0 saturated carbocycles. The predicted molar refractivity (Wildman–Crippen MR) is 80.6 cm³/mol. The zero-order valence-corrected chi connectivity index (χ0v) is 12.1. The predicted octanol–water partition coefficient (Wildman–Crippen LogP) is 4.19. The number of halogens is 1. The van der Waals surface area contributed by atoms with Crippen LogP contribution in [0.4, 0.5) is 17.2 Å². The molecule has 1 aromatic heterocycles. The van der Waals surface area contributed by atoms with E-state index in [0.717, 1.165) is 28.1 Å². The number of hydrogen-bond acceptors (Lipinski definition) is 3. The summed E-state index contributed by atoms with van der Waals surface area (Å²) in [6.07, 6.45) is 2.78. The topological polar surface area (TPSA) is 37.0 Å². The molecule has 0 aliphatic heterocycles. The van der Waals surface area contributed by atoms with Crippen LogP contribution in [-0.4, -0.2) is 12.0 Å². The number of aromatic nitrogens is 1. The number of aryl methyl sites for hydroxylation is 1. The summed E-state index contributed by atoms with van der Waals surface area (Å²) in [5.41, 5.74) is 3.45. The Balaban J connectivity index is 2.27. The van der Waals surface area contributed by atoms with E-state index in [1.807, 2.05) is 25.2 Å². The Labute approximate surface area is 116 Å². The van der Waals surface area contributed by atoms with Gasteiger partial charge in [-0.05, 0) is 36.2 Å². The molecule has 1 heterocycles. The average Bonchev–Trinajstić information content (AvgIpc) is 2.41. The summed E-state index contributed by atoms with van der Waals surface area (Å²) in [4.78, 5) is 4.20. The van der Waals surface area contributed by atoms with Crippen LogP contribution in [0.25, 0.3) is 0 Å². The second-order valence-corrected chi connectivity index (χ2v) is 4.88. The summed E-state index contributed by atoms with van der Waals surface area (Å²) in [7, 11) is 1.86. The molecule has 0 aliphatic carbocycles. The van der Waals surface area contributed by atoms with Gasteiger partial charge in [-0.25, -0.2) is 4.98 Å². The van der Waals surface area contributed by atoms with E-state index in [1.54, 1.807) is 6.20 Å². The zero-order chi connectivity index (χ0) is 13.0. The molecule has 94 valence electrons. The van der Waals surface area contributed by atoms with Crippen molar-refractivity contribution in [2.75, 3.05) is 17.7 Å². The molecule has 0 bridgehead atoms. The van der Waals surface area contributed by atoms with E-state index < -0.39 is 0 Å². The fraction of sp³-hybridized carbons (Fsp3) is 0.214. The number of hydrogen-bond donors (Lipinski definition) is 2. The van der Waals surface area contributed by atoms with Crippen LogP contribution in [0.15, 0.2) is 41.0 Å². The number of pyridine rings is 1. The SMILES string of the molecule is CCc1cc(Br)ccc1Nc1ccnc(NC)c1. The summed E-state index contributed by atoms with van der Waals surface area (Å²) in [5, 5.41) is 6.46. The summed E-state index contributed by atoms with van der Waals surface area (Å²) in [5.74, 6) is 0.857. The minimum atomic E-state index is 0.857. The molecule has 0 spiro atoms. The van der Waals surface area contributed by atoms with Gasteiger partial charge in [0.15, 0.2) is 0 Å². The van der Waals surface area contributed by atoms with Crippen LogP contribution in [-0.2, 0) is 6.42 Å². The highest BCUT2D eigenvalue weighted by Gasteiger charge is 2.03. The van der Waals surface area contributed by atoms with Crippen molar-refractivity contribution in [3.63, 3.8) is 0 Å². The summed E-state index contributed by atoms with van der Waals surface area (Å²) >= 11 is 3.50. The molecular weight excluding hydrogens is 290 g/mol. The molecule has 2 N–H and O–H groups in total. The highest BCUT2D eigenvalue weighted by molar-refractivity contribution is 9.10. The minimum absolute atomic E-state index is 0.857. The normalized spacial score (nSPS) is 10.2. The molecule has 0 atom stereocenters. The number of rotatable bonds is 4. The van der Waals surface area contributed by atoms with Gasteiger partial charge >= 0.3 is 0 Å². The third kappa shape index (κ3) is 3.01. The molecule has 2 rings (SSSR count). The molecule has 0 amide bonds. The Morgan fingerprint density at radius 2 is 2.06 bits per heavy atom. The standard InChI is InChI=1S/C14H16BrN3/c1-3-10-8-11(15)4-5-13(10)18-12-6-7-17-14(9-12)16-2/h4-9H,3H2,1-2H3,(H2,16,17,18). The first kappa shape index (κ1) is 12.9. The van der Waals surface area contributed by atoms with Crippen molar-refractivity contribution in [1.82, 2.24) is 4.98 Å². The van der Waals surface area contributed by atoms with Crippen molar-refractivity contribution in [2.45, 2.75) is 13.3 Å². The number of nitrogens with one attached hydrogen (secondary N) is 2. The molecule has 0 aliphatic rings. The fourth-order valence-corrected chi connectivity index (χ4v) is 2.19. The molecule has 0 unspecified atom stereocenters. The van der Waals surface area contributed by atoms with Gasteiger partial charge in [-0.2, -0.15) is 0 Å². The van der Waals surface area contributed by atoms with Gasteiger partial charge in [0.25, 0.3) is 0 Å². The molecule has 1 aromatic carbocycles. The maximum Gasteiger partial charge on any atom is 0.127 e. The highest BCUT2D eigenvalue weighted by Crippen LogP contribution is 2.25. The zero-order valence-electron chi connectivity index (χ0n) is 10.5. The lowest BCUT2D eigenvalue weighted by Crippen LogP contribution is -1.97. The first-order chi connectivity index (χ1) is 8.72. The molecule has 2 aromatic rings. The van der Waals surface area contributed by atoms with Gasteiger partial charge in [0, 0.05) is 35.2 Å². The summed E-state index contributed by atoms with van der Waals surface area (Å²) in [6, 6.07) is 10.2. The van der Waals surface area contributed by atoms with E-state index >= 15 is 0 Å². The van der Waals surface area contributed by atoms with Crippen molar-refractivity contribution < 1.29 is 0 Å². The second-order valence-electron chi connectivity index (χ2n) is 3.96. The molecule has 4 heteroatoms. The molecule has 0 fully saturated rings. The third-order valence-corrected chi connectivity index (χ3v) is 3.24. The third-order valence-electron chi connectivity index (χ3n) is 2.74. The van der Waals surface area contributed by atoms with Gasteiger partial charge in [-0.15, -0.1) is 0 Å². The lowest BCUT2D eigenvalue weighted by molar-refractivity contribution is 1.14. The summed E-state index contributed by atoms with van der Waals surface area (Å²) in [6.45, 7) is 2.15. The van der Waals surface area contributed by atoms with Crippen LogP contribution in [0.5, 0.6) is 0 Å². The minimum Gasteiger partial charge on any atom is -0.373 e. The van der Waals surface area contributed by atoms with Gasteiger partial charge in [0.1, 0.15) is 5.82 Å². The van der Waals surface area contributed by atoms with Crippen molar-refractivity contribution >= 4 is 33.1 Å². The van der Waals surface area contributed by atoms with Crippen LogP contribution < -0.4 is 10.6 Å². The second kappa shape index (κ2) is 5.87. The quantitative estimate of drug-likeness (QED) is 0.889. The van der Waals surface area contributed by atoms with Crippen LogP contribution in [0.1, 0.15) is 12.5 Å². The molecule has 18 heavy (non-hydrogen) atoms. The first-order valence-electron chi connectivity index (χ1n) is 5.92. The number of anilines is 3. The largest absolute Gasteiger partial charge is 0.373 e. The number of benzene rings is 1. The molecular formula is C14H16BrN3. The maximum absolute atomic E-state index is 4.20. The van der Waals surface area contributed by atoms with Crippen LogP contribution >= 0.6 is 15.9 Å². The molecule has 0 radical (unpaired) electrons. The Hall–Kier alpha value is -1.55. The van der Waals surface area contributed by atoms with Crippen molar-refractivity contribution in [3.8, 4) is 0 Å². The highest BCUT2D eigenvalue weighted by atomic mass is 79.9. The van der Waals surface area contributed by atoms with E-state index in [2.05, 4.69) is 50.6 Å². The van der Waals surface area contributed by atoms with Crippen LogP contribution in [0.3, 0.4) is 0 Å². The molecule has 0 saturated heterocycles. The lowest BCUT2D eigenvalue weighted by atomic mass is 10.1. The van der Waals surface area contributed by atoms with Gasteiger partial charge in [-0.1, -0.05) is 22.9 Å². The summed E-state index contributed by atoms with van der Waals surface area (Å²) < 4.78 is 1.11. The Morgan fingerprint density at radius 1 is 1.22 bits per heavy atom. The van der Waals surface area contributed by atoms with Crippen molar-refractivity contribution in [3.05, 3.63) is 46.6 Å². The van der Waals surface area contributed by atoms with E-state index in [-0.39, 0.29) is 0 Å². The number of nitrogens with zero attached hydrogens (tertiary/aromatic N) is 1. The van der Waals surface area contributed by atoms with E-state index in [4.69, 9.17) is 0 Å². The van der Waals surface area contributed by atoms with Gasteiger partial charge < -0.3 is 10.6 Å². The monoisotopic (exact) mass is 305 g/mol. The Morgan fingerprint density at radius 3 is 2.78 bits per heavy atom. The fourth-order valence-electron chi connectivity index (χ4n) is 1.78. The van der Waals surface area contributed by atoms with E-state index in [9.17, 15) is 0 Å². The average molecular weight is 306 g/mol.